The van der Waals surface area contributed by atoms with E-state index in [2.05, 4.69) is 6.92 Å². The third-order valence-corrected chi connectivity index (χ3v) is 5.11. The van der Waals surface area contributed by atoms with Gasteiger partial charge in [-0.3, -0.25) is 4.79 Å². The van der Waals surface area contributed by atoms with Crippen LogP contribution in [0.3, 0.4) is 0 Å². The van der Waals surface area contributed by atoms with E-state index in [4.69, 9.17) is 9.15 Å². The quantitative estimate of drug-likeness (QED) is 0.676. The molecule has 1 aliphatic carbocycles. The molecule has 0 atom stereocenters. The fourth-order valence-electron chi connectivity index (χ4n) is 3.38. The van der Waals surface area contributed by atoms with Crippen LogP contribution in [0.1, 0.15) is 43.7 Å². The molecule has 0 saturated heterocycles. The maximum atomic E-state index is 12.6. The molecule has 5 heteroatoms. The maximum Gasteiger partial charge on any atom is 0.339 e. The maximum absolute atomic E-state index is 12.6. The Balaban J connectivity index is 1.77. The van der Waals surface area contributed by atoms with Crippen molar-refractivity contribution in [3.63, 3.8) is 0 Å². The summed E-state index contributed by atoms with van der Waals surface area (Å²) in [6.45, 7) is 5.65. The van der Waals surface area contributed by atoms with Crippen LogP contribution in [0, 0.1) is 12.8 Å². The summed E-state index contributed by atoms with van der Waals surface area (Å²) in [5, 5.41) is 0.885. The molecule has 1 aromatic carbocycles. The number of carbonyl (C=O) groups excluding carboxylic acids is 1. The predicted molar refractivity (Wildman–Crippen MR) is 102 cm³/mol. The van der Waals surface area contributed by atoms with Crippen molar-refractivity contribution in [1.29, 1.82) is 0 Å². The Bertz CT molecular complexity index is 851. The largest absolute Gasteiger partial charge is 0.497 e. The number of fused-ring (bicyclic) bond motifs is 1. The van der Waals surface area contributed by atoms with Crippen molar-refractivity contribution in [3.8, 4) is 5.75 Å². The summed E-state index contributed by atoms with van der Waals surface area (Å²) >= 11 is 0. The molecule has 5 nitrogen and oxygen atoms in total. The van der Waals surface area contributed by atoms with Gasteiger partial charge in [-0.15, -0.1) is 0 Å². The average Bonchev–Trinajstić information content (AvgIpc) is 3.44. The van der Waals surface area contributed by atoms with Crippen LogP contribution in [0.25, 0.3) is 11.0 Å². The number of hydrogen-bond acceptors (Lipinski definition) is 4. The summed E-state index contributed by atoms with van der Waals surface area (Å²) in [6, 6.07) is 5.47. The zero-order valence-electron chi connectivity index (χ0n) is 15.8. The van der Waals surface area contributed by atoms with Gasteiger partial charge >= 0.3 is 5.63 Å². The molecular weight excluding hydrogens is 330 g/mol. The highest BCUT2D eigenvalue weighted by Crippen LogP contribution is 2.30. The molecule has 140 valence electrons. The van der Waals surface area contributed by atoms with E-state index in [-0.39, 0.29) is 11.5 Å². The van der Waals surface area contributed by atoms with Gasteiger partial charge in [0.05, 0.1) is 7.11 Å². The Morgan fingerprint density at radius 1 is 1.35 bits per heavy atom. The van der Waals surface area contributed by atoms with Gasteiger partial charge in [-0.2, -0.15) is 0 Å². The van der Waals surface area contributed by atoms with E-state index in [1.54, 1.807) is 13.2 Å². The Kier molecular flexibility index (Phi) is 5.64. The Morgan fingerprint density at radius 3 is 2.77 bits per heavy atom. The third-order valence-electron chi connectivity index (χ3n) is 5.11. The lowest BCUT2D eigenvalue weighted by atomic mass is 10.0. The number of carbonyl (C=O) groups is 1. The van der Waals surface area contributed by atoms with E-state index in [1.165, 1.54) is 12.8 Å². The van der Waals surface area contributed by atoms with Crippen molar-refractivity contribution in [2.75, 3.05) is 20.2 Å². The Morgan fingerprint density at radius 2 is 2.12 bits per heavy atom. The van der Waals surface area contributed by atoms with Crippen LogP contribution in [-0.4, -0.2) is 31.0 Å². The second-order valence-electron chi connectivity index (χ2n) is 7.14. The van der Waals surface area contributed by atoms with E-state index in [0.29, 0.717) is 35.7 Å². The monoisotopic (exact) mass is 357 g/mol. The van der Waals surface area contributed by atoms with Gasteiger partial charge in [0.25, 0.3) is 0 Å². The minimum atomic E-state index is -0.361. The topological polar surface area (TPSA) is 59.8 Å². The molecule has 0 spiro atoms. The first-order valence-electron chi connectivity index (χ1n) is 9.41. The third kappa shape index (κ3) is 4.09. The molecule has 3 rings (SSSR count). The van der Waals surface area contributed by atoms with Crippen molar-refractivity contribution in [3.05, 3.63) is 39.7 Å². The van der Waals surface area contributed by atoms with Crippen molar-refractivity contribution in [2.45, 2.75) is 46.0 Å². The van der Waals surface area contributed by atoms with Crippen LogP contribution in [0.4, 0.5) is 0 Å². The van der Waals surface area contributed by atoms with Gasteiger partial charge in [0.15, 0.2) is 0 Å². The zero-order chi connectivity index (χ0) is 18.7. The van der Waals surface area contributed by atoms with E-state index in [1.807, 2.05) is 24.0 Å². The SMILES string of the molecule is CCCN(CC1CC1)C(=O)CCc1c(C)c2ccc(OC)cc2oc1=O. The fraction of sp³-hybridized carbons (Fsp3) is 0.524. The Hall–Kier alpha value is -2.30. The van der Waals surface area contributed by atoms with Crippen LogP contribution in [-0.2, 0) is 11.2 Å². The molecule has 1 aliphatic rings. The first-order chi connectivity index (χ1) is 12.5. The van der Waals surface area contributed by atoms with E-state index >= 15 is 0 Å². The summed E-state index contributed by atoms with van der Waals surface area (Å²) in [5.41, 5.74) is 1.64. The van der Waals surface area contributed by atoms with Crippen molar-refractivity contribution in [2.24, 2.45) is 5.92 Å². The van der Waals surface area contributed by atoms with Crippen LogP contribution in [0.5, 0.6) is 5.75 Å². The highest BCUT2D eigenvalue weighted by molar-refractivity contribution is 5.82. The predicted octanol–water partition coefficient (Wildman–Crippen LogP) is 3.69. The summed E-state index contributed by atoms with van der Waals surface area (Å²) in [7, 11) is 1.58. The molecule has 0 bridgehead atoms. The summed E-state index contributed by atoms with van der Waals surface area (Å²) in [5.74, 6) is 1.46. The van der Waals surface area contributed by atoms with Crippen LogP contribution >= 0.6 is 0 Å². The number of benzene rings is 1. The lowest BCUT2D eigenvalue weighted by Gasteiger charge is -2.22. The first kappa shape index (κ1) is 18.5. The first-order valence-corrected chi connectivity index (χ1v) is 9.41. The van der Waals surface area contributed by atoms with Crippen molar-refractivity contribution in [1.82, 2.24) is 4.90 Å². The molecule has 2 aromatic rings. The molecule has 1 saturated carbocycles. The summed E-state index contributed by atoms with van der Waals surface area (Å²) in [4.78, 5) is 27.0. The molecule has 0 N–H and O–H groups in total. The van der Waals surface area contributed by atoms with E-state index in [9.17, 15) is 9.59 Å². The number of aryl methyl sites for hydroxylation is 1. The Labute approximate surface area is 153 Å². The van der Waals surface area contributed by atoms with E-state index in [0.717, 1.165) is 30.5 Å². The van der Waals surface area contributed by atoms with Gasteiger partial charge in [0.1, 0.15) is 11.3 Å². The van der Waals surface area contributed by atoms with Gasteiger partial charge in [-0.25, -0.2) is 4.79 Å². The average molecular weight is 357 g/mol. The molecule has 0 radical (unpaired) electrons. The molecular formula is C21H27NO4. The summed E-state index contributed by atoms with van der Waals surface area (Å²) in [6.07, 6.45) is 4.17. The zero-order valence-corrected chi connectivity index (χ0v) is 15.8. The van der Waals surface area contributed by atoms with Gasteiger partial charge in [0.2, 0.25) is 5.91 Å². The minimum absolute atomic E-state index is 0.132. The van der Waals surface area contributed by atoms with Crippen LogP contribution in [0.15, 0.2) is 27.4 Å². The van der Waals surface area contributed by atoms with Crippen molar-refractivity contribution >= 4 is 16.9 Å². The second kappa shape index (κ2) is 7.94. The lowest BCUT2D eigenvalue weighted by molar-refractivity contribution is -0.131. The van der Waals surface area contributed by atoms with E-state index < -0.39 is 0 Å². The van der Waals surface area contributed by atoms with Crippen LogP contribution < -0.4 is 10.4 Å². The fourth-order valence-corrected chi connectivity index (χ4v) is 3.38. The van der Waals surface area contributed by atoms with Crippen LogP contribution in [0.2, 0.25) is 0 Å². The molecule has 1 fully saturated rings. The molecule has 0 aliphatic heterocycles. The van der Waals surface area contributed by atoms with Gasteiger partial charge < -0.3 is 14.1 Å². The molecule has 1 amide bonds. The van der Waals surface area contributed by atoms with Gasteiger partial charge in [-0.1, -0.05) is 6.92 Å². The number of rotatable bonds is 8. The lowest BCUT2D eigenvalue weighted by Crippen LogP contribution is -2.34. The number of amides is 1. The highest BCUT2D eigenvalue weighted by atomic mass is 16.5. The molecule has 0 unspecified atom stereocenters. The number of methoxy groups -OCH3 is 1. The number of ether oxygens (including phenoxy) is 1. The molecule has 26 heavy (non-hydrogen) atoms. The van der Waals surface area contributed by atoms with Gasteiger partial charge in [-0.05, 0) is 56.2 Å². The standard InChI is InChI=1S/C21H27NO4/c1-4-11-22(13-15-5-6-15)20(23)10-9-18-14(2)17-8-7-16(25-3)12-19(17)26-21(18)24/h7-8,12,15H,4-6,9-11,13H2,1-3H3. The second-order valence-corrected chi connectivity index (χ2v) is 7.14. The van der Waals surface area contributed by atoms with Gasteiger partial charge in [0, 0.05) is 36.5 Å². The number of hydrogen-bond donors (Lipinski definition) is 0. The molecule has 1 aromatic heterocycles. The van der Waals surface area contributed by atoms with Crippen molar-refractivity contribution < 1.29 is 13.9 Å². The molecule has 1 heterocycles. The summed E-state index contributed by atoms with van der Waals surface area (Å²) < 4.78 is 10.7. The normalized spacial score (nSPS) is 13.8. The number of nitrogens with zero attached hydrogens (tertiary/aromatic N) is 1. The minimum Gasteiger partial charge on any atom is -0.497 e. The smallest absolute Gasteiger partial charge is 0.339 e. The highest BCUT2D eigenvalue weighted by Gasteiger charge is 2.26.